The van der Waals surface area contributed by atoms with Crippen molar-refractivity contribution in [3.8, 4) is 0 Å². The van der Waals surface area contributed by atoms with Crippen molar-refractivity contribution < 1.29 is 4.79 Å². The zero-order chi connectivity index (χ0) is 19.1. The van der Waals surface area contributed by atoms with Crippen molar-refractivity contribution >= 4 is 30.1 Å². The second-order valence-corrected chi connectivity index (χ2v) is 7.66. The first-order chi connectivity index (χ1) is 12.4. The second-order valence-electron chi connectivity index (χ2n) is 6.89. The van der Waals surface area contributed by atoms with Crippen molar-refractivity contribution in [1.82, 2.24) is 20.1 Å². The molecule has 150 valence electrons. The number of aromatic nitrogens is 3. The van der Waals surface area contributed by atoms with Crippen molar-refractivity contribution in [3.05, 3.63) is 41.2 Å². The molecule has 0 radical (unpaired) electrons. The Morgan fingerprint density at radius 3 is 2.52 bits per heavy atom. The number of carbonyl (C=O) groups is 1. The van der Waals surface area contributed by atoms with Crippen LogP contribution in [0.4, 0.5) is 0 Å². The smallest absolute Gasteiger partial charge is 0.241 e. The molecule has 0 aliphatic heterocycles. The quantitative estimate of drug-likeness (QED) is 0.489. The molecule has 0 fully saturated rings. The summed E-state index contributed by atoms with van der Waals surface area (Å²) in [5.74, 6) is 1.35. The molecule has 1 heterocycles. The van der Waals surface area contributed by atoms with Crippen LogP contribution in [-0.4, -0.2) is 33.5 Å². The van der Waals surface area contributed by atoms with Gasteiger partial charge in [-0.3, -0.25) is 4.79 Å². The van der Waals surface area contributed by atoms with E-state index in [9.17, 15) is 4.79 Å². The molecule has 0 saturated heterocycles. The number of nitrogens with two attached hydrogens (primary N) is 1. The molecule has 1 atom stereocenters. The number of nitrogens with zero attached hydrogens (tertiary/aromatic N) is 3. The van der Waals surface area contributed by atoms with Gasteiger partial charge in [-0.1, -0.05) is 55.4 Å². The van der Waals surface area contributed by atoms with Gasteiger partial charge in [-0.05, 0) is 31.1 Å². The molecule has 1 unspecified atom stereocenters. The molecule has 1 aromatic heterocycles. The third-order valence-corrected chi connectivity index (χ3v) is 4.79. The minimum Gasteiger partial charge on any atom is -0.354 e. The molecule has 0 bridgehead atoms. The Bertz CT molecular complexity index is 717. The predicted octanol–water partition coefficient (Wildman–Crippen LogP) is 3.14. The summed E-state index contributed by atoms with van der Waals surface area (Å²) in [7, 11) is 0. The van der Waals surface area contributed by atoms with E-state index in [-0.39, 0.29) is 18.3 Å². The highest BCUT2D eigenvalue weighted by Crippen LogP contribution is 2.17. The molecule has 27 heavy (non-hydrogen) atoms. The largest absolute Gasteiger partial charge is 0.354 e. The van der Waals surface area contributed by atoms with Crippen LogP contribution < -0.4 is 11.1 Å². The molecular weight excluding hydrogens is 382 g/mol. The molecule has 1 aromatic carbocycles. The van der Waals surface area contributed by atoms with Gasteiger partial charge in [0, 0.05) is 19.5 Å². The van der Waals surface area contributed by atoms with Crippen LogP contribution >= 0.6 is 24.2 Å². The lowest BCUT2D eigenvalue weighted by Crippen LogP contribution is -2.34. The first-order valence-electron chi connectivity index (χ1n) is 8.98. The van der Waals surface area contributed by atoms with E-state index in [2.05, 4.69) is 33.9 Å². The summed E-state index contributed by atoms with van der Waals surface area (Å²) >= 11 is 1.61. The fourth-order valence-electron chi connectivity index (χ4n) is 2.70. The van der Waals surface area contributed by atoms with E-state index in [4.69, 9.17) is 5.73 Å². The zero-order valence-electron chi connectivity index (χ0n) is 16.4. The van der Waals surface area contributed by atoms with E-state index in [0.717, 1.165) is 41.5 Å². The standard InChI is InChI=1S/C19H29N5OS.ClH/c1-13(2)12-24-16(22-23-19(24)26-4)6-5-11-21-18(25)17(20)15-9-7-14(3)8-10-15;/h7-10,13,17H,5-6,11-12,20H2,1-4H3,(H,21,25);1H. The van der Waals surface area contributed by atoms with Crippen molar-refractivity contribution in [1.29, 1.82) is 0 Å². The summed E-state index contributed by atoms with van der Waals surface area (Å²) in [6, 6.07) is 7.10. The average molecular weight is 412 g/mol. The lowest BCUT2D eigenvalue weighted by atomic mass is 10.1. The molecule has 2 aromatic rings. The normalized spacial score (nSPS) is 11.9. The van der Waals surface area contributed by atoms with E-state index in [1.54, 1.807) is 11.8 Å². The fourth-order valence-corrected chi connectivity index (χ4v) is 3.22. The van der Waals surface area contributed by atoms with Crippen molar-refractivity contribution in [2.45, 2.75) is 51.4 Å². The van der Waals surface area contributed by atoms with Gasteiger partial charge in [-0.25, -0.2) is 0 Å². The summed E-state index contributed by atoms with van der Waals surface area (Å²) in [5.41, 5.74) is 8.02. The topological polar surface area (TPSA) is 85.8 Å². The molecule has 0 spiro atoms. The van der Waals surface area contributed by atoms with Crippen LogP contribution in [0.5, 0.6) is 0 Å². The Balaban J connectivity index is 0.00000364. The molecule has 3 N–H and O–H groups in total. The molecule has 6 nitrogen and oxygen atoms in total. The van der Waals surface area contributed by atoms with Crippen LogP contribution in [0.3, 0.4) is 0 Å². The Morgan fingerprint density at radius 2 is 1.93 bits per heavy atom. The minimum absolute atomic E-state index is 0. The van der Waals surface area contributed by atoms with Crippen LogP contribution in [0, 0.1) is 12.8 Å². The number of carbonyl (C=O) groups excluding carboxylic acids is 1. The van der Waals surface area contributed by atoms with Gasteiger partial charge in [-0.2, -0.15) is 0 Å². The van der Waals surface area contributed by atoms with E-state index >= 15 is 0 Å². The number of rotatable bonds is 9. The van der Waals surface area contributed by atoms with Crippen LogP contribution in [-0.2, 0) is 17.8 Å². The fraction of sp³-hybridized carbons (Fsp3) is 0.526. The maximum Gasteiger partial charge on any atom is 0.241 e. The first-order valence-corrected chi connectivity index (χ1v) is 10.2. The highest BCUT2D eigenvalue weighted by Gasteiger charge is 2.16. The number of amides is 1. The van der Waals surface area contributed by atoms with E-state index < -0.39 is 6.04 Å². The van der Waals surface area contributed by atoms with Gasteiger partial charge in [0.2, 0.25) is 5.91 Å². The summed E-state index contributed by atoms with van der Waals surface area (Å²) in [6.07, 6.45) is 3.59. The van der Waals surface area contributed by atoms with Crippen molar-refractivity contribution in [2.24, 2.45) is 11.7 Å². The molecule has 1 amide bonds. The van der Waals surface area contributed by atoms with Gasteiger partial charge in [0.15, 0.2) is 5.16 Å². The Hall–Kier alpha value is -1.57. The zero-order valence-corrected chi connectivity index (χ0v) is 18.1. The van der Waals surface area contributed by atoms with Gasteiger partial charge < -0.3 is 15.6 Å². The van der Waals surface area contributed by atoms with Gasteiger partial charge in [0.1, 0.15) is 11.9 Å². The van der Waals surface area contributed by atoms with E-state index in [0.29, 0.717) is 12.5 Å². The highest BCUT2D eigenvalue weighted by molar-refractivity contribution is 7.98. The maximum atomic E-state index is 12.2. The van der Waals surface area contributed by atoms with E-state index in [1.807, 2.05) is 37.4 Å². The summed E-state index contributed by atoms with van der Waals surface area (Å²) in [6.45, 7) is 7.85. The number of nitrogens with one attached hydrogen (secondary N) is 1. The van der Waals surface area contributed by atoms with Crippen LogP contribution in [0.2, 0.25) is 0 Å². The van der Waals surface area contributed by atoms with Crippen molar-refractivity contribution in [3.63, 3.8) is 0 Å². The Labute approximate surface area is 172 Å². The Kier molecular flexibility index (Phi) is 9.83. The average Bonchev–Trinajstić information content (AvgIpc) is 2.99. The van der Waals surface area contributed by atoms with Crippen LogP contribution in [0.1, 0.15) is 43.3 Å². The van der Waals surface area contributed by atoms with E-state index in [1.165, 1.54) is 0 Å². The third-order valence-electron chi connectivity index (χ3n) is 4.12. The summed E-state index contributed by atoms with van der Waals surface area (Å²) < 4.78 is 2.18. The number of hydrogen-bond acceptors (Lipinski definition) is 5. The third kappa shape index (κ3) is 6.83. The minimum atomic E-state index is -0.636. The predicted molar refractivity (Wildman–Crippen MR) is 113 cm³/mol. The van der Waals surface area contributed by atoms with Gasteiger partial charge in [0.25, 0.3) is 0 Å². The summed E-state index contributed by atoms with van der Waals surface area (Å²) in [4.78, 5) is 12.2. The Morgan fingerprint density at radius 1 is 1.26 bits per heavy atom. The first kappa shape index (κ1) is 23.5. The molecule has 8 heteroatoms. The molecule has 0 aliphatic rings. The lowest BCUT2D eigenvalue weighted by Gasteiger charge is -2.14. The molecule has 2 rings (SSSR count). The monoisotopic (exact) mass is 411 g/mol. The highest BCUT2D eigenvalue weighted by atomic mass is 35.5. The van der Waals surface area contributed by atoms with Crippen LogP contribution in [0.15, 0.2) is 29.4 Å². The number of halogens is 1. The number of aryl methyl sites for hydroxylation is 2. The van der Waals surface area contributed by atoms with Crippen molar-refractivity contribution in [2.75, 3.05) is 12.8 Å². The SMILES string of the molecule is CSc1nnc(CCCNC(=O)C(N)c2ccc(C)cc2)n1CC(C)C.Cl. The number of benzene rings is 1. The van der Waals surface area contributed by atoms with Gasteiger partial charge in [0.05, 0.1) is 0 Å². The molecular formula is C19H30ClN5OS. The van der Waals surface area contributed by atoms with Crippen LogP contribution in [0.25, 0.3) is 0 Å². The van der Waals surface area contributed by atoms with Gasteiger partial charge >= 0.3 is 0 Å². The number of thioether (sulfide) groups is 1. The molecule has 0 saturated carbocycles. The van der Waals surface area contributed by atoms with Gasteiger partial charge in [-0.15, -0.1) is 22.6 Å². The maximum absolute atomic E-state index is 12.2. The molecule has 0 aliphatic carbocycles. The second kappa shape index (κ2) is 11.3. The lowest BCUT2D eigenvalue weighted by molar-refractivity contribution is -0.122. The summed E-state index contributed by atoms with van der Waals surface area (Å²) in [5, 5.41) is 12.4. The number of hydrogen-bond donors (Lipinski definition) is 2.